The summed E-state index contributed by atoms with van der Waals surface area (Å²) in [4.78, 5) is 12.3. The van der Waals surface area contributed by atoms with Gasteiger partial charge in [-0.25, -0.2) is 9.97 Å². The van der Waals surface area contributed by atoms with Gasteiger partial charge < -0.3 is 24.3 Å². The molecule has 0 spiro atoms. The molecule has 1 aliphatic rings. The molecule has 4 heterocycles. The van der Waals surface area contributed by atoms with E-state index in [0.717, 1.165) is 53.6 Å². The number of hydrogen-bond acceptors (Lipinski definition) is 8. The van der Waals surface area contributed by atoms with Crippen LogP contribution in [0.3, 0.4) is 0 Å². The largest absolute Gasteiger partial charge is 0.383 e. The molecule has 1 aromatic carbocycles. The lowest BCUT2D eigenvalue weighted by Gasteiger charge is -2.30. The summed E-state index contributed by atoms with van der Waals surface area (Å²) in [6, 6.07) is 6.66. The van der Waals surface area contributed by atoms with Crippen molar-refractivity contribution in [2.75, 3.05) is 45.8 Å². The average molecular weight is 479 g/mol. The minimum absolute atomic E-state index is 0.0404. The van der Waals surface area contributed by atoms with E-state index in [0.29, 0.717) is 18.1 Å². The van der Waals surface area contributed by atoms with Gasteiger partial charge in [-0.2, -0.15) is 0 Å². The van der Waals surface area contributed by atoms with Gasteiger partial charge in [0.1, 0.15) is 11.5 Å². The number of nitrogens with zero attached hydrogens (tertiary/aromatic N) is 7. The molecule has 3 aromatic heterocycles. The predicted octanol–water partition coefficient (Wildman–Crippen LogP) is 3.48. The van der Waals surface area contributed by atoms with Crippen molar-refractivity contribution >= 4 is 22.5 Å². The third kappa shape index (κ3) is 4.49. The number of nitrogens with one attached hydrogen (secondary N) is 1. The number of morpholine rings is 1. The number of hydrogen-bond donors (Lipinski definition) is 1. The summed E-state index contributed by atoms with van der Waals surface area (Å²) in [5.74, 6) is 2.27. The summed E-state index contributed by atoms with van der Waals surface area (Å²) in [7, 11) is 3.86. The Morgan fingerprint density at radius 2 is 2.03 bits per heavy atom. The van der Waals surface area contributed by atoms with Gasteiger partial charge >= 0.3 is 0 Å². The Bertz CT molecular complexity index is 1340. The zero-order valence-electron chi connectivity index (χ0n) is 21.3. The van der Waals surface area contributed by atoms with Crippen LogP contribution in [0.4, 0.5) is 5.82 Å². The Morgan fingerprint density at radius 3 is 2.77 bits per heavy atom. The van der Waals surface area contributed by atoms with Crippen molar-refractivity contribution < 1.29 is 9.47 Å². The Balaban J connectivity index is 1.69. The highest BCUT2D eigenvalue weighted by Crippen LogP contribution is 2.32. The molecule has 0 bridgehead atoms. The van der Waals surface area contributed by atoms with Crippen molar-refractivity contribution in [1.29, 1.82) is 0 Å². The Labute approximate surface area is 205 Å². The van der Waals surface area contributed by atoms with Crippen LogP contribution in [0.25, 0.3) is 28.2 Å². The maximum Gasteiger partial charge on any atom is 0.203 e. The SMILES string of the molecule is COCC(C)n1c(-c2cn3c(C)nnc3c(NC(C)C)n2)nc2ccc(C3CN(C)CCO3)cc21. The molecule has 2 unspecified atom stereocenters. The summed E-state index contributed by atoms with van der Waals surface area (Å²) in [5, 5.41) is 12.0. The summed E-state index contributed by atoms with van der Waals surface area (Å²) in [5.41, 5.74) is 4.56. The van der Waals surface area contributed by atoms with Crippen LogP contribution in [0.15, 0.2) is 24.4 Å². The predicted molar refractivity (Wildman–Crippen MR) is 136 cm³/mol. The fraction of sp³-hybridized carbons (Fsp3) is 0.520. The lowest BCUT2D eigenvalue weighted by atomic mass is 10.1. The molecule has 2 atom stereocenters. The number of imidazole rings is 1. The Hall–Kier alpha value is -3.08. The van der Waals surface area contributed by atoms with Gasteiger partial charge in [-0.05, 0) is 52.4 Å². The second-order valence-electron chi connectivity index (χ2n) is 9.69. The highest BCUT2D eigenvalue weighted by atomic mass is 16.5. The third-order valence-electron chi connectivity index (χ3n) is 6.42. The molecule has 1 aliphatic heterocycles. The van der Waals surface area contributed by atoms with E-state index < -0.39 is 0 Å². The average Bonchev–Trinajstić information content (AvgIpc) is 3.39. The molecule has 10 nitrogen and oxygen atoms in total. The molecular weight excluding hydrogens is 444 g/mol. The molecule has 0 amide bonds. The number of aryl methyl sites for hydroxylation is 1. The van der Waals surface area contributed by atoms with Crippen LogP contribution in [0.5, 0.6) is 0 Å². The van der Waals surface area contributed by atoms with Crippen LogP contribution in [-0.2, 0) is 9.47 Å². The smallest absolute Gasteiger partial charge is 0.203 e. The molecule has 10 heteroatoms. The van der Waals surface area contributed by atoms with E-state index in [2.05, 4.69) is 71.0 Å². The van der Waals surface area contributed by atoms with Crippen LogP contribution in [0.1, 0.15) is 44.3 Å². The van der Waals surface area contributed by atoms with Gasteiger partial charge in [-0.15, -0.1) is 10.2 Å². The zero-order chi connectivity index (χ0) is 24.7. The minimum atomic E-state index is 0.0404. The topological polar surface area (TPSA) is 94.6 Å². The summed E-state index contributed by atoms with van der Waals surface area (Å²) < 4.78 is 15.8. The van der Waals surface area contributed by atoms with Crippen molar-refractivity contribution in [2.45, 2.75) is 45.9 Å². The van der Waals surface area contributed by atoms with E-state index >= 15 is 0 Å². The molecule has 5 rings (SSSR count). The molecule has 1 N–H and O–H groups in total. The maximum atomic E-state index is 6.09. The minimum Gasteiger partial charge on any atom is -0.383 e. The van der Waals surface area contributed by atoms with E-state index in [1.807, 2.05) is 17.5 Å². The van der Waals surface area contributed by atoms with Crippen molar-refractivity contribution in [3.05, 3.63) is 35.8 Å². The van der Waals surface area contributed by atoms with E-state index in [4.69, 9.17) is 19.4 Å². The molecule has 4 aromatic rings. The standard InChI is InChI=1S/C25H34N8O2/c1-15(2)26-23-25-30-29-17(4)32(25)12-20(27-23)24-28-19-8-7-18(22-13-31(5)9-10-35-22)11-21(19)33(24)16(3)14-34-6/h7-8,11-12,15-16,22H,9-10,13-14H2,1-6H3,(H,26,27). The fourth-order valence-electron chi connectivity index (χ4n) is 4.72. The third-order valence-corrected chi connectivity index (χ3v) is 6.42. The fourth-order valence-corrected chi connectivity index (χ4v) is 4.72. The maximum absolute atomic E-state index is 6.09. The highest BCUT2D eigenvalue weighted by Gasteiger charge is 2.24. The number of fused-ring (bicyclic) bond motifs is 2. The van der Waals surface area contributed by atoms with Gasteiger partial charge in [-0.1, -0.05) is 6.07 Å². The van der Waals surface area contributed by atoms with Crippen LogP contribution in [-0.4, -0.2) is 80.5 Å². The Morgan fingerprint density at radius 1 is 1.20 bits per heavy atom. The summed E-state index contributed by atoms with van der Waals surface area (Å²) in [6.45, 7) is 11.3. The van der Waals surface area contributed by atoms with Crippen LogP contribution in [0, 0.1) is 6.92 Å². The lowest BCUT2D eigenvalue weighted by Crippen LogP contribution is -2.35. The summed E-state index contributed by atoms with van der Waals surface area (Å²) in [6.07, 6.45) is 2.01. The first-order valence-electron chi connectivity index (χ1n) is 12.2. The number of benzene rings is 1. The molecule has 1 fully saturated rings. The number of rotatable bonds is 7. The first-order valence-corrected chi connectivity index (χ1v) is 12.2. The van der Waals surface area contributed by atoms with Gasteiger partial charge in [0.15, 0.2) is 11.6 Å². The number of anilines is 1. The second kappa shape index (κ2) is 9.52. The lowest BCUT2D eigenvalue weighted by molar-refractivity contribution is -0.0208. The second-order valence-corrected chi connectivity index (χ2v) is 9.69. The van der Waals surface area contributed by atoms with E-state index in [1.165, 1.54) is 0 Å². The highest BCUT2D eigenvalue weighted by molar-refractivity contribution is 5.81. The molecule has 35 heavy (non-hydrogen) atoms. The monoisotopic (exact) mass is 478 g/mol. The van der Waals surface area contributed by atoms with Crippen molar-refractivity contribution in [3.8, 4) is 11.5 Å². The molecule has 0 radical (unpaired) electrons. The van der Waals surface area contributed by atoms with Crippen molar-refractivity contribution in [2.24, 2.45) is 0 Å². The van der Waals surface area contributed by atoms with Crippen molar-refractivity contribution in [3.63, 3.8) is 0 Å². The van der Waals surface area contributed by atoms with E-state index in [1.54, 1.807) is 7.11 Å². The molecular formula is C25H34N8O2. The number of ether oxygens (including phenoxy) is 2. The van der Waals surface area contributed by atoms with Gasteiger partial charge in [0.25, 0.3) is 0 Å². The van der Waals surface area contributed by atoms with E-state index in [9.17, 15) is 0 Å². The summed E-state index contributed by atoms with van der Waals surface area (Å²) >= 11 is 0. The van der Waals surface area contributed by atoms with Gasteiger partial charge in [0, 0.05) is 32.4 Å². The Kier molecular flexibility index (Phi) is 6.43. The quantitative estimate of drug-likeness (QED) is 0.431. The molecule has 186 valence electrons. The first kappa shape index (κ1) is 23.7. The van der Waals surface area contributed by atoms with Gasteiger partial charge in [-0.3, -0.25) is 4.40 Å². The number of likely N-dealkylation sites (N-methyl/N-ethyl adjacent to an activating group) is 1. The van der Waals surface area contributed by atoms with Crippen LogP contribution in [0.2, 0.25) is 0 Å². The van der Waals surface area contributed by atoms with Crippen molar-refractivity contribution in [1.82, 2.24) is 34.0 Å². The van der Waals surface area contributed by atoms with Gasteiger partial charge in [0.05, 0.1) is 36.4 Å². The van der Waals surface area contributed by atoms with Crippen LogP contribution >= 0.6 is 0 Å². The number of methoxy groups -OCH3 is 1. The number of aromatic nitrogens is 6. The molecule has 0 saturated carbocycles. The van der Waals surface area contributed by atoms with Crippen LogP contribution < -0.4 is 5.32 Å². The molecule has 1 saturated heterocycles. The van der Waals surface area contributed by atoms with E-state index in [-0.39, 0.29) is 18.2 Å². The van der Waals surface area contributed by atoms with Gasteiger partial charge in [0.2, 0.25) is 5.65 Å². The molecule has 0 aliphatic carbocycles. The first-order chi connectivity index (χ1) is 16.9. The normalized spacial score (nSPS) is 18.1. The zero-order valence-corrected chi connectivity index (χ0v) is 21.3.